The van der Waals surface area contributed by atoms with E-state index in [-0.39, 0.29) is 5.69 Å². The van der Waals surface area contributed by atoms with Gasteiger partial charge in [-0.3, -0.25) is 15.5 Å². The molecule has 0 unspecified atom stereocenters. The Bertz CT molecular complexity index is 860. The molecule has 2 N–H and O–H groups in total. The first kappa shape index (κ1) is 19.4. The monoisotopic (exact) mass is 375 g/mol. The lowest BCUT2D eigenvalue weighted by molar-refractivity contribution is -0.384. The number of methoxy groups -OCH3 is 1. The molecule has 8 nitrogen and oxygen atoms in total. The summed E-state index contributed by atoms with van der Waals surface area (Å²) in [4.78, 5) is 10.5. The van der Waals surface area contributed by atoms with Crippen molar-refractivity contribution in [3.63, 3.8) is 0 Å². The standard InChI is InChI=1S/C17H21N5O3S/c1-5-18-17(26)20-19-10-13-8-11(2)21(12(13)3)15-7-6-14(22(23)24)9-16(15)25-4/h6-10H,5H2,1-4H3,(H2,18,20,26). The number of benzene rings is 1. The largest absolute Gasteiger partial charge is 0.494 e. The Kier molecular flexibility index (Phi) is 6.29. The summed E-state index contributed by atoms with van der Waals surface area (Å²) in [5.41, 5.74) is 6.23. The molecule has 0 bridgehead atoms. The Morgan fingerprint density at radius 3 is 2.77 bits per heavy atom. The number of hydrogen-bond acceptors (Lipinski definition) is 5. The summed E-state index contributed by atoms with van der Waals surface area (Å²) >= 11 is 5.06. The molecular weight excluding hydrogens is 354 g/mol. The summed E-state index contributed by atoms with van der Waals surface area (Å²) in [5.74, 6) is 0.427. The van der Waals surface area contributed by atoms with Crippen LogP contribution >= 0.6 is 12.2 Å². The van der Waals surface area contributed by atoms with E-state index < -0.39 is 4.92 Å². The van der Waals surface area contributed by atoms with E-state index in [0.29, 0.717) is 10.9 Å². The predicted octanol–water partition coefficient (Wildman–Crippen LogP) is 2.83. The number of aryl methyl sites for hydroxylation is 1. The van der Waals surface area contributed by atoms with E-state index in [9.17, 15) is 10.1 Å². The molecule has 0 aliphatic carbocycles. The summed E-state index contributed by atoms with van der Waals surface area (Å²) in [5, 5.41) is 18.5. The topological polar surface area (TPSA) is 93.7 Å². The maximum Gasteiger partial charge on any atom is 0.273 e. The number of nitro groups is 1. The van der Waals surface area contributed by atoms with Gasteiger partial charge < -0.3 is 14.6 Å². The van der Waals surface area contributed by atoms with E-state index in [4.69, 9.17) is 17.0 Å². The molecule has 1 heterocycles. The molecule has 1 aromatic carbocycles. The molecule has 0 amide bonds. The third-order valence-corrected chi connectivity index (χ3v) is 4.03. The normalized spacial score (nSPS) is 10.8. The maximum absolute atomic E-state index is 11.0. The Hall–Kier alpha value is -2.94. The second-order valence-corrected chi connectivity index (χ2v) is 5.91. The Morgan fingerprint density at radius 2 is 2.15 bits per heavy atom. The van der Waals surface area contributed by atoms with Crippen LogP contribution in [0.2, 0.25) is 0 Å². The highest BCUT2D eigenvalue weighted by Crippen LogP contribution is 2.31. The van der Waals surface area contributed by atoms with E-state index >= 15 is 0 Å². The minimum Gasteiger partial charge on any atom is -0.494 e. The first-order valence-electron chi connectivity index (χ1n) is 7.97. The predicted molar refractivity (Wildman–Crippen MR) is 105 cm³/mol. The molecule has 0 spiro atoms. The first-order chi connectivity index (χ1) is 12.4. The quantitative estimate of drug-likeness (QED) is 0.349. The molecule has 0 saturated carbocycles. The fourth-order valence-corrected chi connectivity index (χ4v) is 2.81. The van der Waals surface area contributed by atoms with Crippen molar-refractivity contribution in [2.75, 3.05) is 13.7 Å². The van der Waals surface area contributed by atoms with Crippen LogP contribution in [0.1, 0.15) is 23.9 Å². The van der Waals surface area contributed by atoms with E-state index in [1.54, 1.807) is 12.3 Å². The van der Waals surface area contributed by atoms with Gasteiger partial charge in [-0.2, -0.15) is 5.10 Å². The van der Waals surface area contributed by atoms with Crippen LogP contribution in [0.15, 0.2) is 29.4 Å². The van der Waals surface area contributed by atoms with E-state index in [2.05, 4.69) is 15.8 Å². The molecule has 0 aliphatic heterocycles. The van der Waals surface area contributed by atoms with Gasteiger partial charge in [-0.25, -0.2) is 0 Å². The van der Waals surface area contributed by atoms with Crippen LogP contribution in [0.4, 0.5) is 5.69 Å². The summed E-state index contributed by atoms with van der Waals surface area (Å²) in [6, 6.07) is 6.52. The zero-order chi connectivity index (χ0) is 19.3. The van der Waals surface area contributed by atoms with Crippen molar-refractivity contribution in [1.82, 2.24) is 15.3 Å². The molecule has 9 heteroatoms. The summed E-state index contributed by atoms with van der Waals surface area (Å²) in [6.07, 6.45) is 1.68. The van der Waals surface area contributed by atoms with Gasteiger partial charge in [0.25, 0.3) is 5.69 Å². The second kappa shape index (κ2) is 8.43. The second-order valence-electron chi connectivity index (χ2n) is 5.50. The number of hydrogen-bond donors (Lipinski definition) is 2. The number of aromatic nitrogens is 1. The average Bonchev–Trinajstić information content (AvgIpc) is 2.88. The van der Waals surface area contributed by atoms with Gasteiger partial charge >= 0.3 is 0 Å². The van der Waals surface area contributed by atoms with Crippen LogP contribution in [0.5, 0.6) is 5.75 Å². The van der Waals surface area contributed by atoms with Gasteiger partial charge in [-0.05, 0) is 45.1 Å². The third-order valence-electron chi connectivity index (χ3n) is 3.79. The smallest absolute Gasteiger partial charge is 0.273 e. The van der Waals surface area contributed by atoms with Crippen LogP contribution in [0.25, 0.3) is 5.69 Å². The lowest BCUT2D eigenvalue weighted by Gasteiger charge is -2.13. The molecule has 0 radical (unpaired) electrons. The number of nitrogens with one attached hydrogen (secondary N) is 2. The van der Waals surface area contributed by atoms with Gasteiger partial charge in [0.15, 0.2) is 5.11 Å². The molecule has 0 atom stereocenters. The first-order valence-corrected chi connectivity index (χ1v) is 8.38. The number of rotatable bonds is 6. The van der Waals surface area contributed by atoms with E-state index in [1.165, 1.54) is 19.2 Å². The highest BCUT2D eigenvalue weighted by atomic mass is 32.1. The zero-order valence-electron chi connectivity index (χ0n) is 15.1. The molecule has 26 heavy (non-hydrogen) atoms. The van der Waals surface area contributed by atoms with Crippen molar-refractivity contribution in [1.29, 1.82) is 0 Å². The van der Waals surface area contributed by atoms with Crippen molar-refractivity contribution >= 4 is 29.2 Å². The number of hydrazone groups is 1. The fourth-order valence-electron chi connectivity index (χ4n) is 2.61. The van der Waals surface area contributed by atoms with E-state index in [1.807, 2.05) is 31.4 Å². The SMILES string of the molecule is CCNC(=S)NN=Cc1cc(C)n(-c2ccc([N+](=O)[O-])cc2OC)c1C. The van der Waals surface area contributed by atoms with Crippen LogP contribution in [0, 0.1) is 24.0 Å². The number of nitrogens with zero attached hydrogens (tertiary/aromatic N) is 3. The highest BCUT2D eigenvalue weighted by Gasteiger charge is 2.16. The molecule has 0 aliphatic rings. The number of non-ortho nitro benzene ring substituents is 1. The van der Waals surface area contributed by atoms with Crippen molar-refractivity contribution in [2.24, 2.45) is 5.10 Å². The summed E-state index contributed by atoms with van der Waals surface area (Å²) in [7, 11) is 1.49. The van der Waals surface area contributed by atoms with Crippen LogP contribution in [0.3, 0.4) is 0 Å². The maximum atomic E-state index is 11.0. The highest BCUT2D eigenvalue weighted by molar-refractivity contribution is 7.80. The average molecular weight is 375 g/mol. The van der Waals surface area contributed by atoms with Crippen molar-refractivity contribution in [3.05, 3.63) is 51.3 Å². The van der Waals surface area contributed by atoms with Gasteiger partial charge in [-0.1, -0.05) is 0 Å². The Morgan fingerprint density at radius 1 is 1.42 bits per heavy atom. The number of ether oxygens (including phenoxy) is 1. The molecule has 2 aromatic rings. The molecule has 138 valence electrons. The third kappa shape index (κ3) is 4.17. The van der Waals surface area contributed by atoms with Gasteiger partial charge in [0.2, 0.25) is 0 Å². The van der Waals surface area contributed by atoms with E-state index in [0.717, 1.165) is 29.2 Å². The lowest BCUT2D eigenvalue weighted by Crippen LogP contribution is -2.31. The Labute approximate surface area is 157 Å². The molecule has 1 aromatic heterocycles. The number of nitro benzene ring substituents is 1. The fraction of sp³-hybridized carbons (Fsp3) is 0.294. The summed E-state index contributed by atoms with van der Waals surface area (Å²) < 4.78 is 7.32. The van der Waals surface area contributed by atoms with Crippen LogP contribution in [-0.4, -0.2) is 34.5 Å². The van der Waals surface area contributed by atoms with Gasteiger partial charge in [0.1, 0.15) is 5.75 Å². The molecule has 0 fully saturated rings. The molecular formula is C17H21N5O3S. The molecule has 0 saturated heterocycles. The summed E-state index contributed by atoms with van der Waals surface area (Å²) in [6.45, 7) is 6.55. The minimum atomic E-state index is -0.446. The van der Waals surface area contributed by atoms with Gasteiger partial charge in [-0.15, -0.1) is 0 Å². The van der Waals surface area contributed by atoms with Crippen LogP contribution < -0.4 is 15.5 Å². The van der Waals surface area contributed by atoms with Crippen molar-refractivity contribution in [2.45, 2.75) is 20.8 Å². The number of thiocarbonyl (C=S) groups is 1. The minimum absolute atomic E-state index is 0.0176. The zero-order valence-corrected chi connectivity index (χ0v) is 15.9. The van der Waals surface area contributed by atoms with Crippen molar-refractivity contribution in [3.8, 4) is 11.4 Å². The lowest BCUT2D eigenvalue weighted by atomic mass is 10.2. The van der Waals surface area contributed by atoms with Gasteiger partial charge in [0, 0.05) is 29.6 Å². The Balaban J connectivity index is 2.37. The van der Waals surface area contributed by atoms with Gasteiger partial charge in [0.05, 0.1) is 30.0 Å². The van der Waals surface area contributed by atoms with Crippen molar-refractivity contribution < 1.29 is 9.66 Å². The van der Waals surface area contributed by atoms with Crippen LogP contribution in [-0.2, 0) is 0 Å². The molecule has 2 rings (SSSR count).